The van der Waals surface area contributed by atoms with E-state index in [9.17, 15) is 24.6 Å². The molecule has 3 atom stereocenters. The smallest absolute Gasteiger partial charge is 0.155 e. The minimum atomic E-state index is -1.06. The highest BCUT2D eigenvalue weighted by atomic mass is 16.4. The number of unbranched alkanes of at least 4 members (excludes halogenated alkanes) is 3. The Morgan fingerprint density at radius 1 is 1.20 bits per heavy atom. The van der Waals surface area contributed by atoms with Gasteiger partial charge in [-0.15, -0.1) is 0 Å². The molecule has 0 aromatic carbocycles. The number of aliphatic carboxylic acids is 1. The molecule has 0 bridgehead atoms. The van der Waals surface area contributed by atoms with Crippen molar-refractivity contribution in [1.82, 2.24) is 0 Å². The monoisotopic (exact) mass is 349 g/mol. The van der Waals surface area contributed by atoms with Crippen LogP contribution in [0.3, 0.4) is 0 Å². The molecular formula is C20H29O5-. The van der Waals surface area contributed by atoms with Gasteiger partial charge in [-0.05, 0) is 38.2 Å². The van der Waals surface area contributed by atoms with Gasteiger partial charge in [-0.25, -0.2) is 0 Å². The van der Waals surface area contributed by atoms with Crippen LogP contribution in [-0.2, 0) is 14.4 Å². The molecule has 0 aromatic heterocycles. The molecule has 1 fully saturated rings. The highest BCUT2D eigenvalue weighted by Gasteiger charge is 2.39. The number of hydrogen-bond donors (Lipinski definition) is 1. The summed E-state index contributed by atoms with van der Waals surface area (Å²) in [6.07, 6.45) is 11.4. The van der Waals surface area contributed by atoms with Gasteiger partial charge in [-0.1, -0.05) is 38.0 Å². The summed E-state index contributed by atoms with van der Waals surface area (Å²) in [7, 11) is 0. The fourth-order valence-electron chi connectivity index (χ4n) is 3.10. The lowest BCUT2D eigenvalue weighted by Crippen LogP contribution is -2.21. The number of aliphatic hydroxyl groups is 1. The maximum atomic E-state index is 12.1. The lowest BCUT2D eigenvalue weighted by molar-refractivity contribution is -0.305. The molecular weight excluding hydrogens is 320 g/mol. The fourth-order valence-corrected chi connectivity index (χ4v) is 3.10. The van der Waals surface area contributed by atoms with Crippen LogP contribution in [0.2, 0.25) is 0 Å². The van der Waals surface area contributed by atoms with Crippen LogP contribution >= 0.6 is 0 Å². The minimum absolute atomic E-state index is 0.0139. The van der Waals surface area contributed by atoms with Crippen LogP contribution in [-0.4, -0.2) is 28.7 Å². The molecule has 0 amide bonds. The molecule has 1 aliphatic carbocycles. The zero-order valence-electron chi connectivity index (χ0n) is 15.0. The summed E-state index contributed by atoms with van der Waals surface area (Å²) in [5.41, 5.74) is 0. The van der Waals surface area contributed by atoms with Gasteiger partial charge >= 0.3 is 0 Å². The highest BCUT2D eigenvalue weighted by Crippen LogP contribution is 2.33. The number of ketones is 2. The van der Waals surface area contributed by atoms with Crippen molar-refractivity contribution in [2.75, 3.05) is 0 Å². The van der Waals surface area contributed by atoms with Gasteiger partial charge in [0.1, 0.15) is 5.78 Å². The van der Waals surface area contributed by atoms with E-state index in [1.807, 2.05) is 12.2 Å². The van der Waals surface area contributed by atoms with Crippen molar-refractivity contribution in [3.8, 4) is 0 Å². The number of rotatable bonds is 12. The number of allylic oxidation sites excluding steroid dienone is 3. The second-order valence-corrected chi connectivity index (χ2v) is 6.68. The summed E-state index contributed by atoms with van der Waals surface area (Å²) >= 11 is 0. The third-order valence-electron chi connectivity index (χ3n) is 4.57. The van der Waals surface area contributed by atoms with Crippen LogP contribution in [0.15, 0.2) is 24.3 Å². The lowest BCUT2D eigenvalue weighted by Gasteiger charge is -2.15. The Labute approximate surface area is 149 Å². The van der Waals surface area contributed by atoms with Gasteiger partial charge < -0.3 is 15.0 Å². The molecule has 0 unspecified atom stereocenters. The summed E-state index contributed by atoms with van der Waals surface area (Å²) in [5, 5.41) is 20.4. The predicted molar refractivity (Wildman–Crippen MR) is 93.5 cm³/mol. The van der Waals surface area contributed by atoms with Gasteiger partial charge in [0, 0.05) is 30.6 Å². The van der Waals surface area contributed by atoms with Gasteiger partial charge in [0.15, 0.2) is 5.78 Å². The predicted octanol–water partition coefficient (Wildman–Crippen LogP) is 2.12. The summed E-state index contributed by atoms with van der Waals surface area (Å²) < 4.78 is 0. The molecule has 5 nitrogen and oxygen atoms in total. The first kappa shape index (κ1) is 21.3. The second kappa shape index (κ2) is 11.7. The van der Waals surface area contributed by atoms with Gasteiger partial charge in [0.2, 0.25) is 0 Å². The molecule has 0 saturated heterocycles. The SMILES string of the molecule is CCCCCC(=O)/C=C/[C@H]1[C@H](O)CC(=O)[C@@H]1C/C=C\CCCC(=O)[O-]. The Kier molecular flexibility index (Phi) is 10.0. The normalized spacial score (nSPS) is 23.8. The number of Topliss-reactive ketones (excluding diaryl/α,β-unsaturated/α-hetero) is 1. The van der Waals surface area contributed by atoms with Gasteiger partial charge in [-0.2, -0.15) is 0 Å². The van der Waals surface area contributed by atoms with E-state index in [2.05, 4.69) is 6.92 Å². The molecule has 25 heavy (non-hydrogen) atoms. The number of carbonyl (C=O) groups excluding carboxylic acids is 3. The molecule has 5 heteroatoms. The van der Waals surface area contributed by atoms with Crippen molar-refractivity contribution in [2.45, 2.75) is 70.8 Å². The van der Waals surface area contributed by atoms with E-state index in [-0.39, 0.29) is 36.2 Å². The zero-order chi connectivity index (χ0) is 18.7. The largest absolute Gasteiger partial charge is 0.550 e. The number of carbonyl (C=O) groups is 3. The van der Waals surface area contributed by atoms with Crippen LogP contribution in [0.1, 0.15) is 64.7 Å². The second-order valence-electron chi connectivity index (χ2n) is 6.68. The highest BCUT2D eigenvalue weighted by molar-refractivity contribution is 5.90. The summed E-state index contributed by atoms with van der Waals surface area (Å²) in [4.78, 5) is 34.2. The molecule has 0 radical (unpaired) electrons. The Morgan fingerprint density at radius 3 is 2.64 bits per heavy atom. The van der Waals surface area contributed by atoms with Crippen molar-refractivity contribution in [2.24, 2.45) is 11.8 Å². The Balaban J connectivity index is 2.49. The van der Waals surface area contributed by atoms with E-state index in [1.54, 1.807) is 6.08 Å². The average Bonchev–Trinajstić information content (AvgIpc) is 2.82. The third-order valence-corrected chi connectivity index (χ3v) is 4.57. The van der Waals surface area contributed by atoms with Gasteiger partial charge in [0.05, 0.1) is 6.10 Å². The van der Waals surface area contributed by atoms with Crippen molar-refractivity contribution >= 4 is 17.5 Å². The van der Waals surface area contributed by atoms with Crippen molar-refractivity contribution in [3.63, 3.8) is 0 Å². The first-order chi connectivity index (χ1) is 12.0. The van der Waals surface area contributed by atoms with E-state index < -0.39 is 12.1 Å². The lowest BCUT2D eigenvalue weighted by atomic mass is 9.90. The summed E-state index contributed by atoms with van der Waals surface area (Å²) in [6, 6.07) is 0. The Morgan fingerprint density at radius 2 is 1.96 bits per heavy atom. The number of carboxylic acid groups (broad SMARTS) is 1. The molecule has 0 aliphatic heterocycles. The van der Waals surface area contributed by atoms with E-state index >= 15 is 0 Å². The summed E-state index contributed by atoms with van der Waals surface area (Å²) in [6.45, 7) is 2.08. The molecule has 1 aliphatic rings. The molecule has 1 rings (SSSR count). The van der Waals surface area contributed by atoms with Gasteiger partial charge in [0.25, 0.3) is 0 Å². The van der Waals surface area contributed by atoms with Crippen LogP contribution in [0, 0.1) is 11.8 Å². The molecule has 0 aromatic rings. The molecule has 1 N–H and O–H groups in total. The molecule has 140 valence electrons. The van der Waals surface area contributed by atoms with E-state index in [4.69, 9.17) is 0 Å². The van der Waals surface area contributed by atoms with E-state index in [0.29, 0.717) is 25.7 Å². The Hall–Kier alpha value is -1.75. The number of aliphatic hydroxyl groups excluding tert-OH is 1. The van der Waals surface area contributed by atoms with Crippen molar-refractivity contribution in [3.05, 3.63) is 24.3 Å². The van der Waals surface area contributed by atoms with Crippen molar-refractivity contribution in [1.29, 1.82) is 0 Å². The number of hydrogen-bond acceptors (Lipinski definition) is 5. The maximum absolute atomic E-state index is 12.1. The molecule has 0 heterocycles. The third kappa shape index (κ3) is 8.25. The standard InChI is InChI=1S/C20H30O5/c1-2-3-6-9-15(21)12-13-17-16(18(22)14-19(17)23)10-7-4-5-8-11-20(24)25/h4,7,12-13,16-17,19,23H,2-3,5-6,8-11,14H2,1H3,(H,24,25)/p-1/b7-4-,13-12+/t16-,17-,19-/m1/s1. The minimum Gasteiger partial charge on any atom is -0.550 e. The van der Waals surface area contributed by atoms with Crippen LogP contribution in [0.5, 0.6) is 0 Å². The Bertz CT molecular complexity index is 506. The topological polar surface area (TPSA) is 94.5 Å². The van der Waals surface area contributed by atoms with Crippen LogP contribution in [0.25, 0.3) is 0 Å². The summed E-state index contributed by atoms with van der Waals surface area (Å²) in [5.74, 6) is -1.64. The first-order valence-electron chi connectivity index (χ1n) is 9.22. The first-order valence-corrected chi connectivity index (χ1v) is 9.22. The van der Waals surface area contributed by atoms with Crippen LogP contribution < -0.4 is 5.11 Å². The van der Waals surface area contributed by atoms with E-state index in [0.717, 1.165) is 19.3 Å². The number of carboxylic acids is 1. The zero-order valence-corrected chi connectivity index (χ0v) is 15.0. The maximum Gasteiger partial charge on any atom is 0.155 e. The molecule has 0 spiro atoms. The van der Waals surface area contributed by atoms with Crippen LogP contribution in [0.4, 0.5) is 0 Å². The van der Waals surface area contributed by atoms with Crippen molar-refractivity contribution < 1.29 is 24.6 Å². The molecule has 1 saturated carbocycles. The van der Waals surface area contributed by atoms with E-state index in [1.165, 1.54) is 6.08 Å². The fraction of sp³-hybridized carbons (Fsp3) is 0.650. The average molecular weight is 349 g/mol. The quantitative estimate of drug-likeness (QED) is 0.331. The van der Waals surface area contributed by atoms with Gasteiger partial charge in [-0.3, -0.25) is 9.59 Å².